The summed E-state index contributed by atoms with van der Waals surface area (Å²) in [6, 6.07) is 0.621. The van der Waals surface area contributed by atoms with Gasteiger partial charge in [0.2, 0.25) is 0 Å². The van der Waals surface area contributed by atoms with E-state index in [1.807, 2.05) is 0 Å². The molecule has 0 bridgehead atoms. The van der Waals surface area contributed by atoms with E-state index in [1.54, 1.807) is 0 Å². The molecular formula is C14H28N4. The minimum atomic E-state index is 0.621. The fourth-order valence-electron chi connectivity index (χ4n) is 3.21. The number of aliphatic imine (C=N–C) groups is 1. The van der Waals surface area contributed by atoms with Gasteiger partial charge in [0.15, 0.2) is 5.96 Å². The summed E-state index contributed by atoms with van der Waals surface area (Å²) in [5, 5.41) is 0. The number of nitrogens with two attached hydrogens (primary N) is 1. The summed E-state index contributed by atoms with van der Waals surface area (Å²) < 4.78 is 0. The van der Waals surface area contributed by atoms with E-state index >= 15 is 0 Å². The third-order valence-corrected chi connectivity index (χ3v) is 4.35. The van der Waals surface area contributed by atoms with Gasteiger partial charge in [-0.25, -0.2) is 0 Å². The Morgan fingerprint density at radius 3 is 2.78 bits per heavy atom. The Kier molecular flexibility index (Phi) is 4.87. The first-order chi connectivity index (χ1) is 8.70. The smallest absolute Gasteiger partial charge is 0.191 e. The number of hydrogen-bond acceptors (Lipinski definition) is 2. The molecule has 0 amide bonds. The van der Waals surface area contributed by atoms with Crippen LogP contribution in [0.2, 0.25) is 0 Å². The molecule has 0 radical (unpaired) electrons. The highest BCUT2D eigenvalue weighted by Gasteiger charge is 2.23. The summed E-state index contributed by atoms with van der Waals surface area (Å²) in [6.45, 7) is 9.95. The lowest BCUT2D eigenvalue weighted by atomic mass is 10.0. The van der Waals surface area contributed by atoms with E-state index in [2.05, 4.69) is 28.6 Å². The Balaban J connectivity index is 1.84. The molecule has 104 valence electrons. The summed E-state index contributed by atoms with van der Waals surface area (Å²) in [5.41, 5.74) is 6.13. The van der Waals surface area contributed by atoms with E-state index in [0.717, 1.165) is 38.1 Å². The zero-order chi connectivity index (χ0) is 13.0. The topological polar surface area (TPSA) is 44.9 Å². The average Bonchev–Trinajstić information content (AvgIpc) is 2.83. The van der Waals surface area contributed by atoms with Crippen molar-refractivity contribution in [2.24, 2.45) is 16.6 Å². The van der Waals surface area contributed by atoms with Crippen LogP contribution in [0, 0.1) is 5.92 Å². The Bertz CT molecular complexity index is 290. The van der Waals surface area contributed by atoms with Gasteiger partial charge in [0.25, 0.3) is 0 Å². The molecule has 0 aromatic heterocycles. The van der Waals surface area contributed by atoms with Gasteiger partial charge in [-0.2, -0.15) is 0 Å². The number of rotatable bonds is 3. The minimum Gasteiger partial charge on any atom is -0.370 e. The quantitative estimate of drug-likeness (QED) is 0.612. The van der Waals surface area contributed by atoms with Crippen molar-refractivity contribution in [1.29, 1.82) is 0 Å². The molecule has 4 heteroatoms. The second-order valence-corrected chi connectivity index (χ2v) is 5.82. The Labute approximate surface area is 111 Å². The van der Waals surface area contributed by atoms with Gasteiger partial charge < -0.3 is 10.6 Å². The number of likely N-dealkylation sites (N-methyl/N-ethyl adjacent to an activating group) is 1. The van der Waals surface area contributed by atoms with E-state index in [-0.39, 0.29) is 0 Å². The fraction of sp³-hybridized carbons (Fsp3) is 0.929. The molecule has 4 nitrogen and oxygen atoms in total. The van der Waals surface area contributed by atoms with Gasteiger partial charge in [-0.05, 0) is 44.7 Å². The molecule has 2 rings (SSSR count). The summed E-state index contributed by atoms with van der Waals surface area (Å²) in [6.07, 6.45) is 5.17. The molecule has 2 unspecified atom stereocenters. The van der Waals surface area contributed by atoms with Crippen molar-refractivity contribution in [2.75, 3.05) is 32.7 Å². The van der Waals surface area contributed by atoms with Gasteiger partial charge >= 0.3 is 0 Å². The second-order valence-electron chi connectivity index (χ2n) is 5.82. The molecular weight excluding hydrogens is 224 g/mol. The van der Waals surface area contributed by atoms with Gasteiger partial charge in [0.05, 0.1) is 6.54 Å². The monoisotopic (exact) mass is 252 g/mol. The molecule has 2 aliphatic rings. The largest absolute Gasteiger partial charge is 0.370 e. The number of likely N-dealkylation sites (tertiary alicyclic amines) is 2. The van der Waals surface area contributed by atoms with Crippen LogP contribution in [0.3, 0.4) is 0 Å². The van der Waals surface area contributed by atoms with Crippen LogP contribution >= 0.6 is 0 Å². The summed E-state index contributed by atoms with van der Waals surface area (Å²) in [7, 11) is 0. The molecule has 2 fully saturated rings. The molecule has 0 spiro atoms. The first kappa shape index (κ1) is 13.7. The number of guanidine groups is 1. The van der Waals surface area contributed by atoms with Crippen molar-refractivity contribution in [3.63, 3.8) is 0 Å². The third-order valence-electron chi connectivity index (χ3n) is 4.35. The predicted octanol–water partition coefficient (Wildman–Crippen LogP) is 1.52. The van der Waals surface area contributed by atoms with Crippen LogP contribution in [-0.2, 0) is 0 Å². The van der Waals surface area contributed by atoms with E-state index in [0.29, 0.717) is 6.04 Å². The molecule has 2 saturated heterocycles. The molecule has 2 N–H and O–H groups in total. The molecule has 0 aliphatic carbocycles. The molecule has 0 saturated carbocycles. The van der Waals surface area contributed by atoms with E-state index in [9.17, 15) is 0 Å². The first-order valence-electron chi connectivity index (χ1n) is 7.49. The van der Waals surface area contributed by atoms with Crippen LogP contribution in [0.4, 0.5) is 0 Å². The zero-order valence-electron chi connectivity index (χ0n) is 11.9. The number of hydrogen-bond donors (Lipinski definition) is 1. The van der Waals surface area contributed by atoms with Gasteiger partial charge in [0.1, 0.15) is 0 Å². The van der Waals surface area contributed by atoms with Crippen molar-refractivity contribution in [2.45, 2.75) is 45.6 Å². The van der Waals surface area contributed by atoms with Crippen LogP contribution in [0.5, 0.6) is 0 Å². The molecule has 2 heterocycles. The molecule has 18 heavy (non-hydrogen) atoms. The van der Waals surface area contributed by atoms with E-state index in [4.69, 9.17) is 5.73 Å². The highest BCUT2D eigenvalue weighted by molar-refractivity contribution is 5.78. The summed E-state index contributed by atoms with van der Waals surface area (Å²) in [5.74, 6) is 1.52. The Morgan fingerprint density at radius 2 is 2.06 bits per heavy atom. The normalized spacial score (nSPS) is 31.0. The molecule has 0 aromatic rings. The minimum absolute atomic E-state index is 0.621. The standard InChI is InChI=1S/C14H28N4/c1-3-17-8-5-7-13(17)10-16-14(15)18-9-4-6-12(2)11-18/h12-13H,3-11H2,1-2H3,(H2,15,16). The zero-order valence-corrected chi connectivity index (χ0v) is 11.9. The predicted molar refractivity (Wildman–Crippen MR) is 76.7 cm³/mol. The highest BCUT2D eigenvalue weighted by atomic mass is 15.3. The number of nitrogens with zero attached hydrogens (tertiary/aromatic N) is 3. The van der Waals surface area contributed by atoms with Gasteiger partial charge in [-0.1, -0.05) is 13.8 Å². The lowest BCUT2D eigenvalue weighted by Gasteiger charge is -2.32. The lowest BCUT2D eigenvalue weighted by molar-refractivity contribution is 0.262. The van der Waals surface area contributed by atoms with Gasteiger partial charge in [-0.3, -0.25) is 9.89 Å². The lowest BCUT2D eigenvalue weighted by Crippen LogP contribution is -2.44. The summed E-state index contributed by atoms with van der Waals surface area (Å²) >= 11 is 0. The molecule has 0 aromatic carbocycles. The second kappa shape index (κ2) is 6.41. The maximum Gasteiger partial charge on any atom is 0.191 e. The molecule has 2 aliphatic heterocycles. The fourth-order valence-corrected chi connectivity index (χ4v) is 3.21. The number of piperidine rings is 1. The van der Waals surface area contributed by atoms with Crippen molar-refractivity contribution >= 4 is 5.96 Å². The van der Waals surface area contributed by atoms with Crippen molar-refractivity contribution in [3.05, 3.63) is 0 Å². The third kappa shape index (κ3) is 3.37. The van der Waals surface area contributed by atoms with Crippen molar-refractivity contribution in [1.82, 2.24) is 9.80 Å². The Morgan fingerprint density at radius 1 is 1.28 bits per heavy atom. The van der Waals surface area contributed by atoms with Crippen LogP contribution in [0.1, 0.15) is 39.5 Å². The average molecular weight is 252 g/mol. The Hall–Kier alpha value is -0.770. The van der Waals surface area contributed by atoms with Gasteiger partial charge in [-0.15, -0.1) is 0 Å². The first-order valence-corrected chi connectivity index (χ1v) is 7.49. The van der Waals surface area contributed by atoms with Crippen molar-refractivity contribution < 1.29 is 0 Å². The van der Waals surface area contributed by atoms with Crippen LogP contribution in [0.15, 0.2) is 4.99 Å². The van der Waals surface area contributed by atoms with E-state index in [1.165, 1.54) is 32.2 Å². The molecule has 2 atom stereocenters. The highest BCUT2D eigenvalue weighted by Crippen LogP contribution is 2.18. The maximum absolute atomic E-state index is 6.13. The van der Waals surface area contributed by atoms with Gasteiger partial charge in [0, 0.05) is 19.1 Å². The van der Waals surface area contributed by atoms with Crippen LogP contribution in [-0.4, -0.2) is 54.5 Å². The van der Waals surface area contributed by atoms with Crippen LogP contribution < -0.4 is 5.73 Å². The maximum atomic E-state index is 6.13. The van der Waals surface area contributed by atoms with Crippen molar-refractivity contribution in [3.8, 4) is 0 Å². The van der Waals surface area contributed by atoms with Crippen LogP contribution in [0.25, 0.3) is 0 Å². The SMILES string of the molecule is CCN1CCCC1CN=C(N)N1CCCC(C)C1. The summed E-state index contributed by atoms with van der Waals surface area (Å²) in [4.78, 5) is 9.43. The van der Waals surface area contributed by atoms with E-state index < -0.39 is 0 Å².